The number of oxime groups is 1. The van der Waals surface area contributed by atoms with Crippen LogP contribution in [-0.2, 0) is 14.4 Å². The Morgan fingerprint density at radius 2 is 1.69 bits per heavy atom. The van der Waals surface area contributed by atoms with Gasteiger partial charge in [-0.1, -0.05) is 40.5 Å². The van der Waals surface area contributed by atoms with E-state index in [2.05, 4.69) is 15.8 Å². The number of amides is 2. The minimum Gasteiger partial charge on any atom is -0.384 e. The van der Waals surface area contributed by atoms with Gasteiger partial charge in [-0.25, -0.2) is 0 Å². The van der Waals surface area contributed by atoms with Crippen LogP contribution < -0.4 is 16.4 Å². The average Bonchev–Trinajstić information content (AvgIpc) is 2.59. The lowest BCUT2D eigenvalue weighted by molar-refractivity contribution is -0.120. The summed E-state index contributed by atoms with van der Waals surface area (Å²) >= 11 is 11.7. The minimum absolute atomic E-state index is 0.0751. The summed E-state index contributed by atoms with van der Waals surface area (Å²) in [4.78, 5) is 28.4. The second kappa shape index (κ2) is 9.65. The Balaban J connectivity index is 1.75. The summed E-state index contributed by atoms with van der Waals surface area (Å²) in [7, 11) is 0. The third-order valence-electron chi connectivity index (χ3n) is 3.00. The number of nitrogens with one attached hydrogen (secondary N) is 2. The quantitative estimate of drug-likeness (QED) is 0.380. The largest absolute Gasteiger partial charge is 0.384 e. The van der Waals surface area contributed by atoms with Crippen LogP contribution in [0.2, 0.25) is 10.0 Å². The van der Waals surface area contributed by atoms with E-state index in [4.69, 9.17) is 33.8 Å². The molecule has 26 heavy (non-hydrogen) atoms. The zero-order valence-corrected chi connectivity index (χ0v) is 15.1. The Bertz CT molecular complexity index is 810. The number of hydrogen-bond acceptors (Lipinski definition) is 4. The van der Waals surface area contributed by atoms with Crippen molar-refractivity contribution in [1.29, 1.82) is 0 Å². The highest BCUT2D eigenvalue weighted by Crippen LogP contribution is 2.20. The molecule has 0 aliphatic rings. The number of benzene rings is 2. The first-order valence-corrected chi connectivity index (χ1v) is 8.24. The molecule has 0 unspecified atom stereocenters. The van der Waals surface area contributed by atoms with Gasteiger partial charge in [0.25, 0.3) is 5.91 Å². The molecular formula is C17H16Cl2N4O3. The third kappa shape index (κ3) is 6.62. The molecule has 2 rings (SSSR count). The Morgan fingerprint density at radius 1 is 1.00 bits per heavy atom. The number of hydrogen-bond donors (Lipinski definition) is 3. The number of halogens is 2. The van der Waals surface area contributed by atoms with E-state index in [-0.39, 0.29) is 18.9 Å². The molecule has 0 heterocycles. The summed E-state index contributed by atoms with van der Waals surface area (Å²) < 4.78 is 0. The minimum atomic E-state index is -0.426. The van der Waals surface area contributed by atoms with Gasteiger partial charge in [-0.2, -0.15) is 0 Å². The summed E-state index contributed by atoms with van der Waals surface area (Å²) in [6, 6.07) is 13.4. The van der Waals surface area contributed by atoms with Crippen molar-refractivity contribution in [3.8, 4) is 0 Å². The zero-order valence-electron chi connectivity index (χ0n) is 13.5. The molecular weight excluding hydrogens is 379 g/mol. The zero-order chi connectivity index (χ0) is 18.9. The molecule has 7 nitrogen and oxygen atoms in total. The molecule has 2 aromatic rings. The normalized spacial score (nSPS) is 10.9. The number of rotatable bonds is 7. The number of nitrogens with two attached hydrogens (primary N) is 1. The molecule has 4 N–H and O–H groups in total. The van der Waals surface area contributed by atoms with Gasteiger partial charge in [0.05, 0.1) is 17.1 Å². The number of nitrogens with zero attached hydrogens (tertiary/aromatic N) is 1. The number of anilines is 2. The van der Waals surface area contributed by atoms with Gasteiger partial charge in [-0.15, -0.1) is 0 Å². The van der Waals surface area contributed by atoms with Crippen molar-refractivity contribution in [2.75, 3.05) is 17.2 Å². The Kier molecular flexibility index (Phi) is 7.25. The number of carbonyl (C=O) groups excluding carboxylic acids is 2. The number of amidine groups is 1. The van der Waals surface area contributed by atoms with Crippen molar-refractivity contribution in [3.63, 3.8) is 0 Å². The first-order chi connectivity index (χ1) is 12.4. The molecule has 136 valence electrons. The second-order valence-corrected chi connectivity index (χ2v) is 5.96. The summed E-state index contributed by atoms with van der Waals surface area (Å²) in [6.45, 7) is -0.352. The van der Waals surface area contributed by atoms with E-state index in [0.717, 1.165) is 0 Å². The second-order valence-electron chi connectivity index (χ2n) is 5.12. The fourth-order valence-corrected chi connectivity index (χ4v) is 2.17. The van der Waals surface area contributed by atoms with Gasteiger partial charge in [-0.05, 0) is 36.4 Å². The van der Waals surface area contributed by atoms with Gasteiger partial charge in [0.1, 0.15) is 5.84 Å². The fraction of sp³-hybridized carbons (Fsp3) is 0.118. The maximum Gasteiger partial charge on any atom is 0.265 e. The summed E-state index contributed by atoms with van der Waals surface area (Å²) in [5.41, 5.74) is 6.64. The SMILES string of the molecule is NC(CC(=O)Nc1ccccc1Cl)=NOCC(=O)Nc1ccc(Cl)cc1. The highest BCUT2D eigenvalue weighted by molar-refractivity contribution is 6.33. The van der Waals surface area contributed by atoms with E-state index < -0.39 is 11.8 Å². The maximum atomic E-state index is 11.9. The van der Waals surface area contributed by atoms with Gasteiger partial charge in [0, 0.05) is 10.7 Å². The van der Waals surface area contributed by atoms with Crippen LogP contribution in [0.4, 0.5) is 11.4 Å². The first kappa shape index (κ1) is 19.6. The average molecular weight is 395 g/mol. The lowest BCUT2D eigenvalue weighted by atomic mass is 10.3. The molecule has 2 amide bonds. The van der Waals surface area contributed by atoms with Crippen LogP contribution >= 0.6 is 23.2 Å². The molecule has 2 aromatic carbocycles. The van der Waals surface area contributed by atoms with Crippen molar-refractivity contribution in [2.24, 2.45) is 10.9 Å². The lowest BCUT2D eigenvalue weighted by Crippen LogP contribution is -2.23. The van der Waals surface area contributed by atoms with Gasteiger partial charge < -0.3 is 21.2 Å². The molecule has 0 bridgehead atoms. The third-order valence-corrected chi connectivity index (χ3v) is 3.58. The smallest absolute Gasteiger partial charge is 0.265 e. The number of para-hydroxylation sites is 1. The van der Waals surface area contributed by atoms with Gasteiger partial charge in [0.15, 0.2) is 6.61 Å². The van der Waals surface area contributed by atoms with E-state index in [0.29, 0.717) is 21.4 Å². The van der Waals surface area contributed by atoms with Crippen molar-refractivity contribution in [3.05, 3.63) is 58.6 Å². The highest BCUT2D eigenvalue weighted by Gasteiger charge is 2.08. The molecule has 0 fully saturated rings. The van der Waals surface area contributed by atoms with Crippen LogP contribution in [0.15, 0.2) is 53.7 Å². The van der Waals surface area contributed by atoms with Crippen molar-refractivity contribution >= 4 is 52.2 Å². The van der Waals surface area contributed by atoms with E-state index in [1.165, 1.54) is 0 Å². The molecule has 0 radical (unpaired) electrons. The summed E-state index contributed by atoms with van der Waals surface area (Å²) in [6.07, 6.45) is -0.204. The standard InChI is InChI=1S/C17H16Cl2N4O3/c18-11-5-7-12(8-6-11)21-17(25)10-26-23-15(20)9-16(24)22-14-4-2-1-3-13(14)19/h1-8H,9-10H2,(H2,20,23)(H,21,25)(H,22,24). The van der Waals surface area contributed by atoms with E-state index in [1.54, 1.807) is 48.5 Å². The fourth-order valence-electron chi connectivity index (χ4n) is 1.86. The van der Waals surface area contributed by atoms with Crippen LogP contribution in [0, 0.1) is 0 Å². The van der Waals surface area contributed by atoms with Gasteiger partial charge in [-0.3, -0.25) is 9.59 Å². The first-order valence-electron chi connectivity index (χ1n) is 7.48. The van der Waals surface area contributed by atoms with Gasteiger partial charge in [0.2, 0.25) is 5.91 Å². The Morgan fingerprint density at radius 3 is 2.38 bits per heavy atom. The molecule has 0 aliphatic heterocycles. The van der Waals surface area contributed by atoms with E-state index in [9.17, 15) is 9.59 Å². The topological polar surface area (TPSA) is 106 Å². The van der Waals surface area contributed by atoms with Crippen LogP contribution in [-0.4, -0.2) is 24.3 Å². The Labute approximate surface area is 160 Å². The highest BCUT2D eigenvalue weighted by atomic mass is 35.5. The van der Waals surface area contributed by atoms with E-state index in [1.807, 2.05) is 0 Å². The van der Waals surface area contributed by atoms with Crippen LogP contribution in [0.5, 0.6) is 0 Å². The lowest BCUT2D eigenvalue weighted by Gasteiger charge is -2.07. The molecule has 9 heteroatoms. The molecule has 0 aliphatic carbocycles. The van der Waals surface area contributed by atoms with Crippen molar-refractivity contribution in [2.45, 2.75) is 6.42 Å². The summed E-state index contributed by atoms with van der Waals surface area (Å²) in [5, 5.41) is 9.71. The monoisotopic (exact) mass is 394 g/mol. The van der Waals surface area contributed by atoms with Crippen molar-refractivity contribution in [1.82, 2.24) is 0 Å². The van der Waals surface area contributed by atoms with Crippen LogP contribution in [0.1, 0.15) is 6.42 Å². The summed E-state index contributed by atoms with van der Waals surface area (Å²) in [5.74, 6) is -0.910. The molecule has 0 spiro atoms. The van der Waals surface area contributed by atoms with Crippen LogP contribution in [0.3, 0.4) is 0 Å². The van der Waals surface area contributed by atoms with Crippen LogP contribution in [0.25, 0.3) is 0 Å². The van der Waals surface area contributed by atoms with Gasteiger partial charge >= 0.3 is 0 Å². The van der Waals surface area contributed by atoms with E-state index >= 15 is 0 Å². The molecule has 0 saturated heterocycles. The van der Waals surface area contributed by atoms with Crippen molar-refractivity contribution < 1.29 is 14.4 Å². The molecule has 0 aromatic heterocycles. The predicted molar refractivity (Wildman–Crippen MR) is 102 cm³/mol. The maximum absolute atomic E-state index is 11.9. The number of carbonyl (C=O) groups is 2. The Hall–Kier alpha value is -2.77. The molecule has 0 saturated carbocycles. The predicted octanol–water partition coefficient (Wildman–Crippen LogP) is 3.25. The molecule has 0 atom stereocenters.